The van der Waals surface area contributed by atoms with Crippen LogP contribution in [0, 0.1) is 11.8 Å². The van der Waals surface area contributed by atoms with Crippen LogP contribution in [0.3, 0.4) is 0 Å². The lowest BCUT2D eigenvalue weighted by Gasteiger charge is -2.07. The molecule has 2 heterocycles. The second kappa shape index (κ2) is 8.61. The van der Waals surface area contributed by atoms with Gasteiger partial charge in [0.15, 0.2) is 5.76 Å². The number of pyridine rings is 1. The predicted octanol–water partition coefficient (Wildman–Crippen LogP) is 3.91. The van der Waals surface area contributed by atoms with Crippen LogP contribution in [0.25, 0.3) is 10.9 Å². The fourth-order valence-electron chi connectivity index (χ4n) is 2.21. The highest BCUT2D eigenvalue weighted by molar-refractivity contribution is 5.90. The van der Waals surface area contributed by atoms with Crippen molar-refractivity contribution in [3.8, 4) is 11.8 Å². The zero-order valence-corrected chi connectivity index (χ0v) is 13.6. The van der Waals surface area contributed by atoms with Crippen LogP contribution in [-0.2, 0) is 0 Å². The first-order chi connectivity index (χ1) is 11.4. The van der Waals surface area contributed by atoms with Gasteiger partial charge < -0.3 is 14.9 Å². The number of hydrogen-bond acceptors (Lipinski definition) is 5. The Bertz CT molecular complexity index is 888. The number of halogens is 1. The van der Waals surface area contributed by atoms with Crippen molar-refractivity contribution in [1.82, 2.24) is 4.98 Å². The van der Waals surface area contributed by atoms with E-state index >= 15 is 0 Å². The fraction of sp³-hybridized carbons (Fsp3) is 0.111. The third-order valence-corrected chi connectivity index (χ3v) is 3.24. The van der Waals surface area contributed by atoms with Crippen molar-refractivity contribution in [2.45, 2.75) is 6.42 Å². The lowest BCUT2D eigenvalue weighted by atomic mass is 10.2. The van der Waals surface area contributed by atoms with Gasteiger partial charge in [0.1, 0.15) is 12.0 Å². The van der Waals surface area contributed by atoms with Crippen LogP contribution in [0.4, 0.5) is 5.69 Å². The van der Waals surface area contributed by atoms with E-state index in [9.17, 15) is 0 Å². The van der Waals surface area contributed by atoms with Crippen LogP contribution in [0.2, 0.25) is 0 Å². The first-order valence-corrected chi connectivity index (χ1v) is 7.20. The molecule has 0 saturated carbocycles. The molecular weight excluding hydrogens is 326 g/mol. The van der Waals surface area contributed by atoms with Crippen molar-refractivity contribution in [2.75, 3.05) is 11.9 Å². The summed E-state index contributed by atoms with van der Waals surface area (Å²) < 4.78 is 5.33. The highest BCUT2D eigenvalue weighted by Gasteiger charge is 1.99. The molecule has 0 aliphatic rings. The van der Waals surface area contributed by atoms with Gasteiger partial charge in [0, 0.05) is 30.2 Å². The number of rotatable bonds is 4. The van der Waals surface area contributed by atoms with Crippen molar-refractivity contribution in [1.29, 1.82) is 0 Å². The van der Waals surface area contributed by atoms with Gasteiger partial charge in [0.25, 0.3) is 0 Å². The first-order valence-electron chi connectivity index (χ1n) is 7.20. The van der Waals surface area contributed by atoms with Crippen molar-refractivity contribution < 1.29 is 9.62 Å². The molecule has 0 spiro atoms. The molecule has 0 aliphatic carbocycles. The van der Waals surface area contributed by atoms with Gasteiger partial charge in [-0.25, -0.2) is 0 Å². The Labute approximate surface area is 145 Å². The molecule has 0 unspecified atom stereocenters. The van der Waals surface area contributed by atoms with Crippen molar-refractivity contribution in [3.63, 3.8) is 0 Å². The summed E-state index contributed by atoms with van der Waals surface area (Å²) in [5.41, 5.74) is 2.02. The van der Waals surface area contributed by atoms with E-state index in [4.69, 9.17) is 9.62 Å². The zero-order chi connectivity index (χ0) is 15.9. The topological polar surface area (TPSA) is 70.7 Å². The Morgan fingerprint density at radius 3 is 2.96 bits per heavy atom. The Kier molecular flexibility index (Phi) is 6.23. The van der Waals surface area contributed by atoms with E-state index in [-0.39, 0.29) is 12.4 Å². The predicted molar refractivity (Wildman–Crippen MR) is 97.1 cm³/mol. The smallest absolute Gasteiger partial charge is 0.177 e. The molecule has 0 radical (unpaired) electrons. The summed E-state index contributed by atoms with van der Waals surface area (Å²) in [6, 6.07) is 13.4. The number of nitrogens with zero attached hydrogens (tertiary/aromatic N) is 2. The summed E-state index contributed by atoms with van der Waals surface area (Å²) in [5.74, 6) is 7.00. The molecule has 0 bridgehead atoms. The van der Waals surface area contributed by atoms with Gasteiger partial charge in [-0.05, 0) is 30.2 Å². The highest BCUT2D eigenvalue weighted by Crippen LogP contribution is 2.20. The molecule has 0 amide bonds. The second-order valence-electron chi connectivity index (χ2n) is 4.80. The SMILES string of the molecule is Cl.O/N=C\c1ccc(C#CCCNc2ccnc3ccccc23)o1. The van der Waals surface area contributed by atoms with Gasteiger partial charge in [-0.15, -0.1) is 12.4 Å². The van der Waals surface area contributed by atoms with Gasteiger partial charge in [0.2, 0.25) is 0 Å². The van der Waals surface area contributed by atoms with Gasteiger partial charge in [0.05, 0.1) is 5.52 Å². The molecule has 1 aromatic carbocycles. The summed E-state index contributed by atoms with van der Waals surface area (Å²) in [7, 11) is 0. The normalized spacial score (nSPS) is 10.2. The lowest BCUT2D eigenvalue weighted by Crippen LogP contribution is -2.01. The van der Waals surface area contributed by atoms with Gasteiger partial charge in [-0.3, -0.25) is 4.98 Å². The zero-order valence-electron chi connectivity index (χ0n) is 12.8. The maximum Gasteiger partial charge on any atom is 0.177 e. The second-order valence-corrected chi connectivity index (χ2v) is 4.80. The Morgan fingerprint density at radius 2 is 2.08 bits per heavy atom. The summed E-state index contributed by atoms with van der Waals surface area (Å²) in [4.78, 5) is 4.33. The van der Waals surface area contributed by atoms with E-state index in [0.717, 1.165) is 23.1 Å². The third kappa shape index (κ3) is 4.28. The largest absolute Gasteiger partial charge is 0.447 e. The molecule has 3 aromatic rings. The minimum atomic E-state index is 0. The molecule has 3 rings (SSSR count). The van der Waals surface area contributed by atoms with Crippen LogP contribution < -0.4 is 5.32 Å². The van der Waals surface area contributed by atoms with Crippen LogP contribution in [0.15, 0.2) is 58.2 Å². The van der Waals surface area contributed by atoms with E-state index in [0.29, 0.717) is 17.9 Å². The van der Waals surface area contributed by atoms with Gasteiger partial charge >= 0.3 is 0 Å². The molecule has 24 heavy (non-hydrogen) atoms. The van der Waals surface area contributed by atoms with E-state index in [1.165, 1.54) is 6.21 Å². The Morgan fingerprint density at radius 1 is 1.21 bits per heavy atom. The average Bonchev–Trinajstić information content (AvgIpc) is 3.02. The number of hydrogen-bond donors (Lipinski definition) is 2. The number of furan rings is 1. The van der Waals surface area contributed by atoms with E-state index in [1.54, 1.807) is 18.3 Å². The number of nitrogens with one attached hydrogen (secondary N) is 1. The standard InChI is InChI=1S/C18H15N3O2.ClH/c22-21-13-15-9-8-14(23-15)5-3-4-11-19-18-10-12-20-17-7-2-1-6-16(17)18;/h1-2,6-10,12-13,22H,4,11H2,(H,19,20);1H/b21-13-;. The molecule has 0 atom stereocenters. The molecule has 2 aromatic heterocycles. The van der Waals surface area contributed by atoms with Crippen LogP contribution >= 0.6 is 12.4 Å². The molecule has 6 heteroatoms. The number of fused-ring (bicyclic) bond motifs is 1. The molecule has 2 N–H and O–H groups in total. The molecule has 122 valence electrons. The minimum absolute atomic E-state index is 0. The Balaban J connectivity index is 0.00000208. The monoisotopic (exact) mass is 341 g/mol. The summed E-state index contributed by atoms with van der Waals surface area (Å²) in [6.45, 7) is 0.729. The fourth-order valence-corrected chi connectivity index (χ4v) is 2.21. The maximum absolute atomic E-state index is 8.42. The summed E-state index contributed by atoms with van der Waals surface area (Å²) in [5, 5.41) is 15.8. The molecule has 0 saturated heterocycles. The molecular formula is C18H16ClN3O2. The number of para-hydroxylation sites is 1. The number of oxime groups is 1. The van der Waals surface area contributed by atoms with Crippen LogP contribution in [-0.4, -0.2) is 23.0 Å². The quantitative estimate of drug-likeness (QED) is 0.248. The highest BCUT2D eigenvalue weighted by atomic mass is 35.5. The van der Waals surface area contributed by atoms with Crippen molar-refractivity contribution >= 4 is 35.2 Å². The maximum atomic E-state index is 8.42. The van der Waals surface area contributed by atoms with E-state index < -0.39 is 0 Å². The third-order valence-electron chi connectivity index (χ3n) is 3.24. The van der Waals surface area contributed by atoms with Crippen LogP contribution in [0.1, 0.15) is 17.9 Å². The molecule has 0 aliphatic heterocycles. The Hall–Kier alpha value is -2.97. The van der Waals surface area contributed by atoms with E-state index in [1.807, 2.05) is 30.3 Å². The number of anilines is 1. The molecule has 0 fully saturated rings. The van der Waals surface area contributed by atoms with Crippen LogP contribution in [0.5, 0.6) is 0 Å². The number of benzene rings is 1. The number of aromatic nitrogens is 1. The van der Waals surface area contributed by atoms with E-state index in [2.05, 4.69) is 27.3 Å². The summed E-state index contributed by atoms with van der Waals surface area (Å²) in [6.07, 6.45) is 3.70. The lowest BCUT2D eigenvalue weighted by molar-refractivity contribution is 0.320. The first kappa shape index (κ1) is 17.4. The molecule has 5 nitrogen and oxygen atoms in total. The van der Waals surface area contributed by atoms with Crippen molar-refractivity contribution in [2.24, 2.45) is 5.16 Å². The summed E-state index contributed by atoms with van der Waals surface area (Å²) >= 11 is 0. The average molecular weight is 342 g/mol. The van der Waals surface area contributed by atoms with Gasteiger partial charge in [-0.1, -0.05) is 29.3 Å². The van der Waals surface area contributed by atoms with Crippen molar-refractivity contribution in [3.05, 3.63) is 60.2 Å². The minimum Gasteiger partial charge on any atom is -0.447 e. The van der Waals surface area contributed by atoms with Gasteiger partial charge in [-0.2, -0.15) is 0 Å².